The lowest BCUT2D eigenvalue weighted by molar-refractivity contribution is -0.137. The van der Waals surface area contributed by atoms with Crippen molar-refractivity contribution in [3.05, 3.63) is 47.2 Å². The molecule has 1 unspecified atom stereocenters. The molecule has 0 saturated heterocycles. The fourth-order valence-electron chi connectivity index (χ4n) is 3.13. The topological polar surface area (TPSA) is 58.4 Å². The number of halogens is 3. The van der Waals surface area contributed by atoms with Crippen molar-refractivity contribution in [1.29, 1.82) is 0 Å². The standard InChI is InChI=1S/C19H22F3N3O2/c1-12-10-17(24-27-12)23-18(26)8-9-25(16-6-7-16)13(2)14-4-3-5-15(11-14)19(20,21)22/h3-5,10-11,13,16H,6-9H2,1-2H3,(H,23,24,26). The highest BCUT2D eigenvalue weighted by Crippen LogP contribution is 2.36. The Kier molecular flexibility index (Phi) is 5.55. The first kappa shape index (κ1) is 19.4. The van der Waals surface area contributed by atoms with Crippen molar-refractivity contribution in [3.8, 4) is 0 Å². The fourth-order valence-corrected chi connectivity index (χ4v) is 3.13. The van der Waals surface area contributed by atoms with Crippen LogP contribution < -0.4 is 5.32 Å². The largest absolute Gasteiger partial charge is 0.416 e. The van der Waals surface area contributed by atoms with Crippen molar-refractivity contribution in [1.82, 2.24) is 10.1 Å². The maximum Gasteiger partial charge on any atom is 0.416 e. The third-order valence-electron chi connectivity index (χ3n) is 4.70. The van der Waals surface area contributed by atoms with E-state index < -0.39 is 11.7 Å². The molecule has 0 spiro atoms. The highest BCUT2D eigenvalue weighted by atomic mass is 19.4. The van der Waals surface area contributed by atoms with Gasteiger partial charge in [-0.05, 0) is 44.4 Å². The van der Waals surface area contributed by atoms with Crippen LogP contribution in [-0.4, -0.2) is 28.6 Å². The Balaban J connectivity index is 1.64. The zero-order valence-corrected chi connectivity index (χ0v) is 15.2. The van der Waals surface area contributed by atoms with Crippen molar-refractivity contribution < 1.29 is 22.5 Å². The minimum absolute atomic E-state index is 0.204. The Hall–Kier alpha value is -2.35. The summed E-state index contributed by atoms with van der Waals surface area (Å²) in [5, 5.41) is 6.38. The summed E-state index contributed by atoms with van der Waals surface area (Å²) < 4.78 is 43.9. The van der Waals surface area contributed by atoms with E-state index in [2.05, 4.69) is 15.4 Å². The minimum Gasteiger partial charge on any atom is -0.360 e. The first-order valence-electron chi connectivity index (χ1n) is 8.90. The number of carbonyl (C=O) groups is 1. The van der Waals surface area contributed by atoms with E-state index in [0.29, 0.717) is 29.7 Å². The summed E-state index contributed by atoms with van der Waals surface area (Å²) in [5.74, 6) is 0.759. The van der Waals surface area contributed by atoms with Crippen molar-refractivity contribution in [2.45, 2.75) is 51.4 Å². The Morgan fingerprint density at radius 1 is 1.37 bits per heavy atom. The number of hydrogen-bond acceptors (Lipinski definition) is 4. The first-order chi connectivity index (χ1) is 12.7. The first-order valence-corrected chi connectivity index (χ1v) is 8.90. The summed E-state index contributed by atoms with van der Waals surface area (Å²) in [6.07, 6.45) is -2.15. The van der Waals surface area contributed by atoms with E-state index in [-0.39, 0.29) is 18.4 Å². The molecule has 0 radical (unpaired) electrons. The van der Waals surface area contributed by atoms with Gasteiger partial charge in [0.25, 0.3) is 0 Å². The molecule has 0 aliphatic heterocycles. The van der Waals surface area contributed by atoms with Gasteiger partial charge in [-0.2, -0.15) is 13.2 Å². The Morgan fingerprint density at radius 2 is 2.11 bits per heavy atom. The number of aryl methyl sites for hydroxylation is 1. The van der Waals surface area contributed by atoms with E-state index in [9.17, 15) is 18.0 Å². The average molecular weight is 381 g/mol. The molecule has 1 aliphatic carbocycles. The third kappa shape index (κ3) is 5.09. The quantitative estimate of drug-likeness (QED) is 0.764. The van der Waals surface area contributed by atoms with Gasteiger partial charge in [0.1, 0.15) is 5.76 Å². The van der Waals surface area contributed by atoms with Gasteiger partial charge in [-0.3, -0.25) is 9.69 Å². The van der Waals surface area contributed by atoms with Crippen LogP contribution >= 0.6 is 0 Å². The molecule has 5 nitrogen and oxygen atoms in total. The Bertz CT molecular complexity index is 799. The van der Waals surface area contributed by atoms with E-state index in [0.717, 1.165) is 18.9 Å². The third-order valence-corrected chi connectivity index (χ3v) is 4.70. The SMILES string of the molecule is Cc1cc(NC(=O)CCN(C2CC2)C(C)c2cccc(C(F)(F)F)c2)no1. The van der Waals surface area contributed by atoms with Crippen LogP contribution in [0.5, 0.6) is 0 Å². The van der Waals surface area contributed by atoms with Crippen LogP contribution in [0.1, 0.15) is 49.1 Å². The van der Waals surface area contributed by atoms with Crippen LogP contribution in [0, 0.1) is 6.92 Å². The Labute approximate surface area is 155 Å². The zero-order valence-electron chi connectivity index (χ0n) is 15.2. The summed E-state index contributed by atoms with van der Waals surface area (Å²) in [6.45, 7) is 4.08. The summed E-state index contributed by atoms with van der Waals surface area (Å²) >= 11 is 0. The molecule has 3 rings (SSSR count). The fraction of sp³-hybridized carbons (Fsp3) is 0.474. The molecule has 1 saturated carbocycles. The average Bonchev–Trinajstić information content (AvgIpc) is 3.36. The van der Waals surface area contributed by atoms with Crippen LogP contribution in [0.3, 0.4) is 0 Å². The molecule has 1 aliphatic rings. The number of nitrogens with one attached hydrogen (secondary N) is 1. The molecule has 27 heavy (non-hydrogen) atoms. The monoisotopic (exact) mass is 381 g/mol. The number of anilines is 1. The summed E-state index contributed by atoms with van der Waals surface area (Å²) in [5.41, 5.74) is -0.0500. The number of carbonyl (C=O) groups excluding carboxylic acids is 1. The van der Waals surface area contributed by atoms with Gasteiger partial charge < -0.3 is 9.84 Å². The van der Waals surface area contributed by atoms with Crippen molar-refractivity contribution in [2.75, 3.05) is 11.9 Å². The van der Waals surface area contributed by atoms with E-state index in [1.807, 2.05) is 6.92 Å². The second-order valence-electron chi connectivity index (χ2n) is 6.89. The van der Waals surface area contributed by atoms with E-state index in [4.69, 9.17) is 4.52 Å². The number of benzene rings is 1. The van der Waals surface area contributed by atoms with Gasteiger partial charge in [-0.25, -0.2) is 0 Å². The van der Waals surface area contributed by atoms with Gasteiger partial charge in [-0.15, -0.1) is 0 Å². The van der Waals surface area contributed by atoms with E-state index in [1.54, 1.807) is 19.1 Å². The number of rotatable bonds is 7. The summed E-state index contributed by atoms with van der Waals surface area (Å²) in [7, 11) is 0. The number of nitrogens with zero attached hydrogens (tertiary/aromatic N) is 2. The maximum absolute atomic E-state index is 13.0. The summed E-state index contributed by atoms with van der Waals surface area (Å²) in [6, 6.07) is 7.12. The van der Waals surface area contributed by atoms with Crippen molar-refractivity contribution >= 4 is 11.7 Å². The number of hydrogen-bond donors (Lipinski definition) is 1. The van der Waals surface area contributed by atoms with Gasteiger partial charge in [-0.1, -0.05) is 17.3 Å². The zero-order chi connectivity index (χ0) is 19.6. The van der Waals surface area contributed by atoms with Gasteiger partial charge >= 0.3 is 6.18 Å². The smallest absolute Gasteiger partial charge is 0.360 e. The van der Waals surface area contributed by atoms with Crippen molar-refractivity contribution in [2.24, 2.45) is 0 Å². The molecule has 1 N–H and O–H groups in total. The molecule has 0 bridgehead atoms. The van der Waals surface area contributed by atoms with Crippen LogP contribution in [-0.2, 0) is 11.0 Å². The molecule has 1 heterocycles. The molecular formula is C19H22F3N3O2. The predicted octanol–water partition coefficient (Wildman–Crippen LogP) is 4.56. The molecule has 146 valence electrons. The Morgan fingerprint density at radius 3 is 2.70 bits per heavy atom. The molecule has 8 heteroatoms. The molecule has 2 aromatic rings. The second kappa shape index (κ2) is 7.72. The van der Waals surface area contributed by atoms with Gasteiger partial charge in [0, 0.05) is 31.1 Å². The highest BCUT2D eigenvalue weighted by Gasteiger charge is 2.35. The lowest BCUT2D eigenvalue weighted by Crippen LogP contribution is -2.32. The minimum atomic E-state index is -4.37. The molecule has 1 aromatic carbocycles. The van der Waals surface area contributed by atoms with Crippen LogP contribution in [0.2, 0.25) is 0 Å². The lowest BCUT2D eigenvalue weighted by Gasteiger charge is -2.29. The van der Waals surface area contributed by atoms with E-state index in [1.165, 1.54) is 12.1 Å². The summed E-state index contributed by atoms with van der Waals surface area (Å²) in [4.78, 5) is 14.2. The predicted molar refractivity (Wildman–Crippen MR) is 94.1 cm³/mol. The highest BCUT2D eigenvalue weighted by molar-refractivity contribution is 5.89. The van der Waals surface area contributed by atoms with E-state index >= 15 is 0 Å². The lowest BCUT2D eigenvalue weighted by atomic mass is 10.0. The van der Waals surface area contributed by atoms with Crippen LogP contribution in [0.4, 0.5) is 19.0 Å². The van der Waals surface area contributed by atoms with Gasteiger partial charge in [0.2, 0.25) is 5.91 Å². The molecule has 1 amide bonds. The second-order valence-corrected chi connectivity index (χ2v) is 6.89. The molecule has 1 aromatic heterocycles. The number of alkyl halides is 3. The molecular weight excluding hydrogens is 359 g/mol. The van der Waals surface area contributed by atoms with Crippen molar-refractivity contribution in [3.63, 3.8) is 0 Å². The normalized spacial score (nSPS) is 15.8. The molecule has 1 atom stereocenters. The number of aromatic nitrogens is 1. The maximum atomic E-state index is 13.0. The van der Waals surface area contributed by atoms with Gasteiger partial charge in [0.15, 0.2) is 5.82 Å². The van der Waals surface area contributed by atoms with Crippen LogP contribution in [0.25, 0.3) is 0 Å². The number of amides is 1. The van der Waals surface area contributed by atoms with Crippen LogP contribution in [0.15, 0.2) is 34.9 Å². The van der Waals surface area contributed by atoms with Gasteiger partial charge in [0.05, 0.1) is 5.56 Å². The molecule has 1 fully saturated rings.